The summed E-state index contributed by atoms with van der Waals surface area (Å²) >= 11 is 11.9. The van der Waals surface area contributed by atoms with E-state index in [2.05, 4.69) is 15.2 Å². The fourth-order valence-corrected chi connectivity index (χ4v) is 3.02. The number of hydrogen-bond donors (Lipinski definition) is 1. The second-order valence-corrected chi connectivity index (χ2v) is 6.41. The largest absolute Gasteiger partial charge is 0.357 e. The smallest absolute Gasteiger partial charge is 0.227 e. The Bertz CT molecular complexity index is 682. The Morgan fingerprint density at radius 3 is 2.52 bits per heavy atom. The van der Waals surface area contributed by atoms with Crippen LogP contribution >= 0.6 is 23.2 Å². The van der Waals surface area contributed by atoms with E-state index in [9.17, 15) is 4.79 Å². The quantitative estimate of drug-likeness (QED) is 0.900. The first kappa shape index (κ1) is 16.1. The molecule has 2 heterocycles. The molecule has 1 fully saturated rings. The predicted octanol–water partition coefficient (Wildman–Crippen LogP) is 4.24. The van der Waals surface area contributed by atoms with Crippen LogP contribution in [-0.4, -0.2) is 24.0 Å². The predicted molar refractivity (Wildman–Crippen MR) is 94.3 cm³/mol. The van der Waals surface area contributed by atoms with Gasteiger partial charge in [0.2, 0.25) is 5.91 Å². The number of aromatic nitrogens is 1. The monoisotopic (exact) mass is 349 g/mol. The van der Waals surface area contributed by atoms with E-state index in [1.165, 1.54) is 0 Å². The molecule has 0 saturated carbocycles. The molecule has 1 saturated heterocycles. The highest BCUT2D eigenvalue weighted by molar-refractivity contribution is 6.33. The van der Waals surface area contributed by atoms with Crippen LogP contribution in [0.4, 0.5) is 11.5 Å². The number of pyridine rings is 1. The van der Waals surface area contributed by atoms with Crippen molar-refractivity contribution in [2.75, 3.05) is 23.3 Å². The van der Waals surface area contributed by atoms with E-state index >= 15 is 0 Å². The average Bonchev–Trinajstić information content (AvgIpc) is 2.58. The highest BCUT2D eigenvalue weighted by atomic mass is 35.5. The van der Waals surface area contributed by atoms with Crippen molar-refractivity contribution in [3.63, 3.8) is 0 Å². The van der Waals surface area contributed by atoms with E-state index in [-0.39, 0.29) is 11.8 Å². The van der Waals surface area contributed by atoms with Gasteiger partial charge in [-0.2, -0.15) is 0 Å². The number of nitrogens with zero attached hydrogens (tertiary/aromatic N) is 2. The zero-order valence-corrected chi connectivity index (χ0v) is 14.0. The van der Waals surface area contributed by atoms with Gasteiger partial charge in [-0.3, -0.25) is 4.79 Å². The molecular formula is C17H17Cl2N3O. The van der Waals surface area contributed by atoms with Crippen LogP contribution in [0.3, 0.4) is 0 Å². The summed E-state index contributed by atoms with van der Waals surface area (Å²) in [5.41, 5.74) is 0.668. The van der Waals surface area contributed by atoms with Crippen molar-refractivity contribution in [3.8, 4) is 0 Å². The maximum Gasteiger partial charge on any atom is 0.227 e. The van der Waals surface area contributed by atoms with E-state index in [1.54, 1.807) is 12.3 Å². The molecule has 0 radical (unpaired) electrons. The maximum atomic E-state index is 12.4. The Kier molecular flexibility index (Phi) is 5.03. The van der Waals surface area contributed by atoms with E-state index in [0.717, 1.165) is 31.7 Å². The lowest BCUT2D eigenvalue weighted by molar-refractivity contribution is -0.120. The van der Waals surface area contributed by atoms with Crippen LogP contribution < -0.4 is 10.2 Å². The third-order valence-electron chi connectivity index (χ3n) is 4.03. The number of halogens is 2. The maximum absolute atomic E-state index is 12.4. The third-order valence-corrected chi connectivity index (χ3v) is 4.59. The van der Waals surface area contributed by atoms with E-state index in [4.69, 9.17) is 23.2 Å². The Hall–Kier alpha value is -1.78. The number of hydrogen-bond acceptors (Lipinski definition) is 3. The molecule has 1 amide bonds. The summed E-state index contributed by atoms with van der Waals surface area (Å²) < 4.78 is 0. The van der Waals surface area contributed by atoms with Gasteiger partial charge >= 0.3 is 0 Å². The van der Waals surface area contributed by atoms with Gasteiger partial charge in [-0.1, -0.05) is 35.3 Å². The molecule has 0 aliphatic carbocycles. The number of anilines is 2. The molecular weight excluding hydrogens is 333 g/mol. The van der Waals surface area contributed by atoms with Gasteiger partial charge in [0.25, 0.3) is 0 Å². The minimum absolute atomic E-state index is 0.00479. The molecule has 0 unspecified atom stereocenters. The summed E-state index contributed by atoms with van der Waals surface area (Å²) in [6.07, 6.45) is 3.23. The lowest BCUT2D eigenvalue weighted by Gasteiger charge is -2.32. The first-order chi connectivity index (χ1) is 11.1. The van der Waals surface area contributed by atoms with Gasteiger partial charge in [-0.25, -0.2) is 4.98 Å². The molecule has 120 valence electrons. The normalized spacial score (nSPS) is 15.5. The number of benzene rings is 1. The number of amides is 1. The lowest BCUT2D eigenvalue weighted by Crippen LogP contribution is -2.38. The number of carbonyl (C=O) groups is 1. The third kappa shape index (κ3) is 3.95. The Morgan fingerprint density at radius 2 is 1.87 bits per heavy atom. The molecule has 3 rings (SSSR count). The van der Waals surface area contributed by atoms with Crippen LogP contribution in [0.2, 0.25) is 10.0 Å². The van der Waals surface area contributed by atoms with Crippen molar-refractivity contribution in [1.82, 2.24) is 4.98 Å². The average molecular weight is 350 g/mol. The molecule has 1 aromatic carbocycles. The molecule has 0 bridgehead atoms. The second-order valence-electron chi connectivity index (χ2n) is 5.57. The zero-order chi connectivity index (χ0) is 16.2. The van der Waals surface area contributed by atoms with Crippen molar-refractivity contribution in [2.24, 2.45) is 5.92 Å². The molecule has 0 atom stereocenters. The van der Waals surface area contributed by atoms with Gasteiger partial charge < -0.3 is 10.2 Å². The molecule has 23 heavy (non-hydrogen) atoms. The van der Waals surface area contributed by atoms with Crippen LogP contribution in [0.25, 0.3) is 0 Å². The Morgan fingerprint density at radius 1 is 1.13 bits per heavy atom. The van der Waals surface area contributed by atoms with Crippen molar-refractivity contribution < 1.29 is 4.79 Å². The Labute approximate surface area is 145 Å². The zero-order valence-electron chi connectivity index (χ0n) is 12.5. The summed E-state index contributed by atoms with van der Waals surface area (Å²) in [7, 11) is 0. The topological polar surface area (TPSA) is 45.2 Å². The van der Waals surface area contributed by atoms with Crippen LogP contribution in [0.15, 0.2) is 42.6 Å². The molecule has 1 aliphatic heterocycles. The van der Waals surface area contributed by atoms with E-state index in [1.807, 2.05) is 30.3 Å². The molecule has 1 aliphatic rings. The van der Waals surface area contributed by atoms with Gasteiger partial charge in [0, 0.05) is 25.2 Å². The molecule has 1 aromatic heterocycles. The van der Waals surface area contributed by atoms with Crippen molar-refractivity contribution in [1.29, 1.82) is 0 Å². The number of para-hydroxylation sites is 1. The minimum atomic E-state index is -0.00479. The number of rotatable bonds is 3. The van der Waals surface area contributed by atoms with E-state index < -0.39 is 0 Å². The number of piperidine rings is 1. The van der Waals surface area contributed by atoms with Gasteiger partial charge in [0.05, 0.1) is 15.7 Å². The fourth-order valence-electron chi connectivity index (χ4n) is 2.72. The SMILES string of the molecule is O=C(Nc1ccccc1Cl)C1CCN(c2ccc(Cl)cn2)CC1. The molecule has 0 spiro atoms. The van der Waals surface area contributed by atoms with Crippen LogP contribution in [0.1, 0.15) is 12.8 Å². The van der Waals surface area contributed by atoms with Crippen LogP contribution in [0.5, 0.6) is 0 Å². The summed E-state index contributed by atoms with van der Waals surface area (Å²) in [5.74, 6) is 0.927. The second kappa shape index (κ2) is 7.20. The summed E-state index contributed by atoms with van der Waals surface area (Å²) in [4.78, 5) is 18.9. The summed E-state index contributed by atoms with van der Waals surface area (Å²) in [6, 6.07) is 11.0. The molecule has 2 aromatic rings. The minimum Gasteiger partial charge on any atom is -0.357 e. The lowest BCUT2D eigenvalue weighted by atomic mass is 9.96. The van der Waals surface area contributed by atoms with Gasteiger partial charge in [-0.05, 0) is 37.1 Å². The highest BCUT2D eigenvalue weighted by Crippen LogP contribution is 2.26. The first-order valence-electron chi connectivity index (χ1n) is 7.55. The molecule has 4 nitrogen and oxygen atoms in total. The van der Waals surface area contributed by atoms with Crippen molar-refractivity contribution >= 4 is 40.6 Å². The van der Waals surface area contributed by atoms with Crippen LogP contribution in [0, 0.1) is 5.92 Å². The standard InChI is InChI=1S/C17H17Cl2N3O/c18-13-5-6-16(20-11-13)22-9-7-12(8-10-22)17(23)21-15-4-2-1-3-14(15)19/h1-6,11-12H,7-10H2,(H,21,23). The molecule has 6 heteroatoms. The van der Waals surface area contributed by atoms with Crippen molar-refractivity contribution in [3.05, 3.63) is 52.6 Å². The Balaban J connectivity index is 1.57. The summed E-state index contributed by atoms with van der Waals surface area (Å²) in [5, 5.41) is 4.11. The first-order valence-corrected chi connectivity index (χ1v) is 8.31. The van der Waals surface area contributed by atoms with Gasteiger partial charge in [0.1, 0.15) is 5.82 Å². The highest BCUT2D eigenvalue weighted by Gasteiger charge is 2.25. The van der Waals surface area contributed by atoms with Gasteiger partial charge in [-0.15, -0.1) is 0 Å². The van der Waals surface area contributed by atoms with E-state index in [0.29, 0.717) is 15.7 Å². The number of carbonyl (C=O) groups excluding carboxylic acids is 1. The molecule has 1 N–H and O–H groups in total. The summed E-state index contributed by atoms with van der Waals surface area (Å²) in [6.45, 7) is 1.60. The fraction of sp³-hybridized carbons (Fsp3) is 0.294. The van der Waals surface area contributed by atoms with Crippen molar-refractivity contribution in [2.45, 2.75) is 12.8 Å². The van der Waals surface area contributed by atoms with Gasteiger partial charge in [0.15, 0.2) is 0 Å². The number of nitrogens with one attached hydrogen (secondary N) is 1. The van der Waals surface area contributed by atoms with Crippen LogP contribution in [-0.2, 0) is 4.79 Å².